The number of hydrogen-bond donors (Lipinski definition) is 0. The number of fused-ring (bicyclic) bond motifs is 1. The SMILES string of the molecule is Cc1ncc2cc(C)c(=O)n(C)c2n1. The Morgan fingerprint density at radius 3 is 2.79 bits per heavy atom. The molecule has 2 aromatic rings. The van der Waals surface area contributed by atoms with E-state index in [0.29, 0.717) is 17.0 Å². The second-order valence-corrected chi connectivity index (χ2v) is 3.39. The van der Waals surface area contributed by atoms with Crippen LogP contribution in [0.5, 0.6) is 0 Å². The first kappa shape index (κ1) is 8.87. The zero-order chi connectivity index (χ0) is 10.3. The molecule has 72 valence electrons. The second kappa shape index (κ2) is 2.90. The van der Waals surface area contributed by atoms with Gasteiger partial charge < -0.3 is 0 Å². The van der Waals surface area contributed by atoms with E-state index in [1.165, 1.54) is 0 Å². The Morgan fingerprint density at radius 2 is 2.07 bits per heavy atom. The molecule has 14 heavy (non-hydrogen) atoms. The van der Waals surface area contributed by atoms with Crippen molar-refractivity contribution in [2.24, 2.45) is 7.05 Å². The number of nitrogens with zero attached hydrogens (tertiary/aromatic N) is 3. The highest BCUT2D eigenvalue weighted by Gasteiger charge is 2.04. The van der Waals surface area contributed by atoms with E-state index in [1.807, 2.05) is 13.0 Å². The number of hydrogen-bond acceptors (Lipinski definition) is 3. The van der Waals surface area contributed by atoms with Crippen LogP contribution in [0, 0.1) is 13.8 Å². The molecule has 2 aromatic heterocycles. The van der Waals surface area contributed by atoms with E-state index in [1.54, 1.807) is 24.7 Å². The molecule has 0 saturated carbocycles. The van der Waals surface area contributed by atoms with Crippen molar-refractivity contribution >= 4 is 11.0 Å². The van der Waals surface area contributed by atoms with Gasteiger partial charge in [0.25, 0.3) is 5.56 Å². The van der Waals surface area contributed by atoms with Crippen LogP contribution in [0.2, 0.25) is 0 Å². The Kier molecular flexibility index (Phi) is 1.84. The molecule has 0 aliphatic heterocycles. The van der Waals surface area contributed by atoms with Crippen LogP contribution in [0.25, 0.3) is 11.0 Å². The summed E-state index contributed by atoms with van der Waals surface area (Å²) in [7, 11) is 1.73. The Labute approximate surface area is 81.2 Å². The Hall–Kier alpha value is -1.71. The Bertz CT molecular complexity index is 557. The van der Waals surface area contributed by atoms with E-state index in [2.05, 4.69) is 9.97 Å². The maximum atomic E-state index is 11.6. The van der Waals surface area contributed by atoms with E-state index in [9.17, 15) is 4.79 Å². The van der Waals surface area contributed by atoms with Gasteiger partial charge in [-0.1, -0.05) is 0 Å². The van der Waals surface area contributed by atoms with E-state index < -0.39 is 0 Å². The van der Waals surface area contributed by atoms with Crippen molar-refractivity contribution in [3.05, 3.63) is 34.0 Å². The third kappa shape index (κ3) is 1.19. The predicted octanol–water partition coefficient (Wildman–Crippen LogP) is 0.945. The minimum absolute atomic E-state index is 0.00407. The van der Waals surface area contributed by atoms with Gasteiger partial charge in [0, 0.05) is 24.2 Å². The molecule has 0 saturated heterocycles. The van der Waals surface area contributed by atoms with Gasteiger partial charge in [-0.25, -0.2) is 9.97 Å². The van der Waals surface area contributed by atoms with Gasteiger partial charge in [0.1, 0.15) is 11.5 Å². The summed E-state index contributed by atoms with van der Waals surface area (Å²) in [5.41, 5.74) is 1.40. The lowest BCUT2D eigenvalue weighted by molar-refractivity contribution is 0.865. The van der Waals surface area contributed by atoms with Crippen LogP contribution >= 0.6 is 0 Å². The first-order chi connectivity index (χ1) is 6.59. The van der Waals surface area contributed by atoms with E-state index in [4.69, 9.17) is 0 Å². The summed E-state index contributed by atoms with van der Waals surface area (Å²) in [5.74, 6) is 0.677. The molecule has 0 spiro atoms. The lowest BCUT2D eigenvalue weighted by Crippen LogP contribution is -2.20. The monoisotopic (exact) mass is 189 g/mol. The van der Waals surface area contributed by atoms with Crippen molar-refractivity contribution in [2.45, 2.75) is 13.8 Å². The fraction of sp³-hybridized carbons (Fsp3) is 0.300. The fourth-order valence-corrected chi connectivity index (χ4v) is 1.49. The average Bonchev–Trinajstić information content (AvgIpc) is 2.16. The molecular formula is C10H11N3O. The smallest absolute Gasteiger partial charge is 0.254 e. The fourth-order valence-electron chi connectivity index (χ4n) is 1.49. The van der Waals surface area contributed by atoms with Crippen molar-refractivity contribution in [2.75, 3.05) is 0 Å². The molecule has 0 N–H and O–H groups in total. The van der Waals surface area contributed by atoms with Crippen LogP contribution in [0.15, 0.2) is 17.1 Å². The summed E-state index contributed by atoms with van der Waals surface area (Å²) >= 11 is 0. The average molecular weight is 189 g/mol. The zero-order valence-electron chi connectivity index (χ0n) is 8.40. The van der Waals surface area contributed by atoms with Crippen LogP contribution in [0.3, 0.4) is 0 Å². The largest absolute Gasteiger partial charge is 0.296 e. The molecule has 0 radical (unpaired) electrons. The first-order valence-corrected chi connectivity index (χ1v) is 4.39. The number of pyridine rings is 1. The van der Waals surface area contributed by atoms with Gasteiger partial charge in [0.15, 0.2) is 0 Å². The molecule has 0 bridgehead atoms. The molecule has 4 nitrogen and oxygen atoms in total. The predicted molar refractivity (Wildman–Crippen MR) is 54.3 cm³/mol. The lowest BCUT2D eigenvalue weighted by Gasteiger charge is -2.05. The van der Waals surface area contributed by atoms with Crippen molar-refractivity contribution < 1.29 is 0 Å². The summed E-state index contributed by atoms with van der Waals surface area (Å²) in [6.07, 6.45) is 1.74. The van der Waals surface area contributed by atoms with Crippen LogP contribution in [-0.2, 0) is 7.05 Å². The maximum Gasteiger partial charge on any atom is 0.254 e. The minimum atomic E-state index is -0.00407. The van der Waals surface area contributed by atoms with Crippen LogP contribution in [0.4, 0.5) is 0 Å². The van der Waals surface area contributed by atoms with Gasteiger partial charge in [0.2, 0.25) is 0 Å². The van der Waals surface area contributed by atoms with Crippen LogP contribution in [0.1, 0.15) is 11.4 Å². The van der Waals surface area contributed by atoms with E-state index >= 15 is 0 Å². The molecule has 0 aliphatic rings. The molecule has 0 atom stereocenters. The van der Waals surface area contributed by atoms with Gasteiger partial charge in [-0.3, -0.25) is 9.36 Å². The molecule has 0 aliphatic carbocycles. The number of rotatable bonds is 0. The summed E-state index contributed by atoms with van der Waals surface area (Å²) in [4.78, 5) is 19.9. The van der Waals surface area contributed by atoms with Crippen molar-refractivity contribution in [1.82, 2.24) is 14.5 Å². The maximum absolute atomic E-state index is 11.6. The number of aryl methyl sites for hydroxylation is 3. The normalized spacial score (nSPS) is 10.8. The van der Waals surface area contributed by atoms with Gasteiger partial charge in [0.05, 0.1) is 0 Å². The summed E-state index contributed by atoms with van der Waals surface area (Å²) in [6.45, 7) is 3.60. The molecule has 4 heteroatoms. The first-order valence-electron chi connectivity index (χ1n) is 4.39. The summed E-state index contributed by atoms with van der Waals surface area (Å²) < 4.78 is 1.55. The lowest BCUT2D eigenvalue weighted by atomic mass is 10.2. The minimum Gasteiger partial charge on any atom is -0.296 e. The summed E-state index contributed by atoms with van der Waals surface area (Å²) in [5, 5.41) is 0.898. The second-order valence-electron chi connectivity index (χ2n) is 3.39. The van der Waals surface area contributed by atoms with Crippen molar-refractivity contribution in [3.63, 3.8) is 0 Å². The Morgan fingerprint density at radius 1 is 1.36 bits per heavy atom. The number of aromatic nitrogens is 3. The van der Waals surface area contributed by atoms with Crippen LogP contribution in [-0.4, -0.2) is 14.5 Å². The highest BCUT2D eigenvalue weighted by atomic mass is 16.1. The van der Waals surface area contributed by atoms with Gasteiger partial charge in [-0.05, 0) is 19.9 Å². The molecule has 0 aromatic carbocycles. The Balaban J connectivity index is 2.99. The standard InChI is InChI=1S/C10H11N3O/c1-6-4-8-5-11-7(2)12-9(8)13(3)10(6)14/h4-5H,1-3H3. The summed E-state index contributed by atoms with van der Waals surface area (Å²) in [6, 6.07) is 1.82. The van der Waals surface area contributed by atoms with E-state index in [0.717, 1.165) is 5.39 Å². The molecule has 2 heterocycles. The van der Waals surface area contributed by atoms with Crippen molar-refractivity contribution in [3.8, 4) is 0 Å². The van der Waals surface area contributed by atoms with Gasteiger partial charge in [-0.2, -0.15) is 0 Å². The van der Waals surface area contributed by atoms with Crippen LogP contribution < -0.4 is 5.56 Å². The third-order valence-electron chi connectivity index (χ3n) is 2.25. The molecule has 0 fully saturated rings. The van der Waals surface area contributed by atoms with Crippen molar-refractivity contribution in [1.29, 1.82) is 0 Å². The van der Waals surface area contributed by atoms with Gasteiger partial charge in [-0.15, -0.1) is 0 Å². The highest BCUT2D eigenvalue weighted by Crippen LogP contribution is 2.08. The highest BCUT2D eigenvalue weighted by molar-refractivity contribution is 5.74. The quantitative estimate of drug-likeness (QED) is 0.619. The zero-order valence-corrected chi connectivity index (χ0v) is 8.40. The third-order valence-corrected chi connectivity index (χ3v) is 2.25. The topological polar surface area (TPSA) is 47.8 Å². The molecular weight excluding hydrogens is 178 g/mol. The molecule has 0 amide bonds. The van der Waals surface area contributed by atoms with Gasteiger partial charge >= 0.3 is 0 Å². The molecule has 2 rings (SSSR count). The molecule has 0 unspecified atom stereocenters. The van der Waals surface area contributed by atoms with E-state index in [-0.39, 0.29) is 5.56 Å².